The van der Waals surface area contributed by atoms with Crippen LogP contribution in [0.3, 0.4) is 0 Å². The number of piperidine rings is 2. The lowest BCUT2D eigenvalue weighted by atomic mass is 9.63. The molecule has 2 nitrogen and oxygen atoms in total. The molecule has 0 amide bonds. The minimum atomic E-state index is -1.40. The summed E-state index contributed by atoms with van der Waals surface area (Å²) in [5.41, 5.74) is 3.69. The third-order valence-corrected chi connectivity index (χ3v) is 11.5. The van der Waals surface area contributed by atoms with E-state index in [1.165, 1.54) is 51.9 Å². The van der Waals surface area contributed by atoms with Gasteiger partial charge in [-0.1, -0.05) is 51.7 Å². The zero-order valence-corrected chi connectivity index (χ0v) is 23.1. The van der Waals surface area contributed by atoms with Crippen LogP contribution in [-0.4, -0.2) is 45.6 Å². The zero-order valence-electron chi connectivity index (χ0n) is 19.8. The first-order valence-electron chi connectivity index (χ1n) is 11.9. The second kappa shape index (κ2) is 9.15. The predicted molar refractivity (Wildman–Crippen MR) is 140 cm³/mol. The maximum absolute atomic E-state index is 3.76. The van der Waals surface area contributed by atoms with Gasteiger partial charge in [-0.15, -0.1) is 18.5 Å². The van der Waals surface area contributed by atoms with Crippen molar-refractivity contribution in [2.24, 2.45) is 23.2 Å². The number of hydrogen-bond donors (Lipinski definition) is 2. The van der Waals surface area contributed by atoms with Crippen LogP contribution in [0.25, 0.3) is 0 Å². The molecule has 2 N–H and O–H groups in total. The summed E-state index contributed by atoms with van der Waals surface area (Å²) in [7, 11) is 5.19. The second-order valence-corrected chi connectivity index (χ2v) is 18.3. The summed E-state index contributed by atoms with van der Waals surface area (Å²) in [5.74, 6) is 2.02. The quantitative estimate of drug-likeness (QED) is 0.440. The van der Waals surface area contributed by atoms with Crippen LogP contribution in [0.1, 0.15) is 46.5 Å². The van der Waals surface area contributed by atoms with Crippen LogP contribution in [0.15, 0.2) is 22.4 Å². The lowest BCUT2D eigenvalue weighted by Crippen LogP contribution is -2.54. The maximum atomic E-state index is 3.76. The minimum Gasteiger partial charge on any atom is -0.316 e. The molecule has 2 heterocycles. The van der Waals surface area contributed by atoms with Gasteiger partial charge in [0.2, 0.25) is 0 Å². The summed E-state index contributed by atoms with van der Waals surface area (Å²) in [4.78, 5) is 0. The molecule has 2 fully saturated rings. The van der Waals surface area contributed by atoms with Crippen LogP contribution < -0.4 is 10.6 Å². The lowest BCUT2D eigenvalue weighted by Gasteiger charge is -2.52. The molecule has 166 valence electrons. The summed E-state index contributed by atoms with van der Waals surface area (Å²) in [6, 6.07) is 0. The van der Waals surface area contributed by atoms with Crippen molar-refractivity contribution in [3.05, 3.63) is 22.4 Å². The van der Waals surface area contributed by atoms with E-state index in [1.54, 1.807) is 16.3 Å². The summed E-state index contributed by atoms with van der Waals surface area (Å²) in [6.45, 7) is 19.8. The van der Waals surface area contributed by atoms with E-state index in [1.807, 2.05) is 0 Å². The Hall–Kier alpha value is 0.477. The number of hydrogen-bond acceptors (Lipinski definition) is 2. The van der Waals surface area contributed by atoms with E-state index in [9.17, 15) is 0 Å². The van der Waals surface area contributed by atoms with Gasteiger partial charge in [0.25, 0.3) is 0 Å². The highest BCUT2D eigenvalue weighted by Gasteiger charge is 2.53. The predicted octanol–water partition coefficient (Wildman–Crippen LogP) is 5.25. The van der Waals surface area contributed by atoms with Gasteiger partial charge in [-0.3, -0.25) is 0 Å². The molecule has 0 radical (unpaired) electrons. The third-order valence-electron chi connectivity index (χ3n) is 7.64. The highest BCUT2D eigenvalue weighted by Crippen LogP contribution is 2.58. The second-order valence-electron chi connectivity index (χ2n) is 11.8. The maximum Gasteiger partial charge on any atom is 0.0732 e. The fraction of sp³-hybridized carbons (Fsp3) is 0.833. The van der Waals surface area contributed by atoms with Crippen molar-refractivity contribution in [1.29, 1.82) is 0 Å². The number of rotatable bonds is 5. The smallest absolute Gasteiger partial charge is 0.0732 e. The van der Waals surface area contributed by atoms with Gasteiger partial charge in [0, 0.05) is 11.1 Å². The van der Waals surface area contributed by atoms with Crippen molar-refractivity contribution in [3.63, 3.8) is 0 Å². The van der Waals surface area contributed by atoms with E-state index in [4.69, 9.17) is 0 Å². The molecule has 0 saturated carbocycles. The van der Waals surface area contributed by atoms with E-state index < -0.39 is 8.07 Å². The molecule has 3 rings (SSSR count). The fourth-order valence-electron chi connectivity index (χ4n) is 6.23. The Bertz CT molecular complexity index is 627. The van der Waals surface area contributed by atoms with E-state index in [0.29, 0.717) is 17.8 Å². The Kier molecular flexibility index (Phi) is 7.61. The molecule has 5 heteroatoms. The Morgan fingerprint density at radius 2 is 1.52 bits per heavy atom. The van der Waals surface area contributed by atoms with Crippen molar-refractivity contribution in [2.75, 3.05) is 32.3 Å². The third kappa shape index (κ3) is 4.80. The molecule has 5 atom stereocenters. The molecule has 5 unspecified atom stereocenters. The highest BCUT2D eigenvalue weighted by molar-refractivity contribution is 7.19. The van der Waals surface area contributed by atoms with Crippen molar-refractivity contribution in [2.45, 2.75) is 71.3 Å². The first kappa shape index (κ1) is 24.1. The van der Waals surface area contributed by atoms with Gasteiger partial charge in [0.05, 0.1) is 8.07 Å². The Balaban J connectivity index is 2.16. The van der Waals surface area contributed by atoms with Crippen molar-refractivity contribution in [1.82, 2.24) is 10.6 Å². The molecule has 0 bridgehead atoms. The van der Waals surface area contributed by atoms with Gasteiger partial charge >= 0.3 is 0 Å². The lowest BCUT2D eigenvalue weighted by molar-refractivity contribution is 0.193. The van der Waals surface area contributed by atoms with Crippen LogP contribution >= 0.6 is 18.5 Å². The van der Waals surface area contributed by atoms with E-state index in [-0.39, 0.29) is 10.6 Å². The molecule has 2 saturated heterocycles. The van der Waals surface area contributed by atoms with Gasteiger partial charge < -0.3 is 10.6 Å². The molecule has 29 heavy (non-hydrogen) atoms. The van der Waals surface area contributed by atoms with Crippen LogP contribution in [0.5, 0.6) is 0 Å². The largest absolute Gasteiger partial charge is 0.316 e. The highest BCUT2D eigenvalue weighted by atomic mass is 31.0. The number of allylic oxidation sites excluding steroid dienone is 4. The van der Waals surface area contributed by atoms with Gasteiger partial charge in [0.1, 0.15) is 0 Å². The van der Waals surface area contributed by atoms with Crippen LogP contribution in [0, 0.1) is 23.2 Å². The van der Waals surface area contributed by atoms with Gasteiger partial charge in [-0.05, 0) is 86.4 Å². The molecular weight excluding hydrogens is 406 g/mol. The van der Waals surface area contributed by atoms with E-state index in [0.717, 1.165) is 6.16 Å². The number of nitrogens with one attached hydrogen (secondary N) is 2. The van der Waals surface area contributed by atoms with Crippen molar-refractivity contribution >= 4 is 26.6 Å². The SMILES string of the molecule is CC(C)(C)C1C([Si](C)(C)C)=CC(CP)=C1C(P)(C1CCCNC1)C1CCCNC1. The fourth-order valence-corrected chi connectivity index (χ4v) is 9.54. The molecule has 2 aliphatic heterocycles. The van der Waals surface area contributed by atoms with Crippen molar-refractivity contribution in [3.8, 4) is 0 Å². The topological polar surface area (TPSA) is 24.1 Å². The summed E-state index contributed by atoms with van der Waals surface area (Å²) in [6.07, 6.45) is 9.11. The summed E-state index contributed by atoms with van der Waals surface area (Å²) in [5, 5.41) is 9.51. The van der Waals surface area contributed by atoms with Crippen molar-refractivity contribution < 1.29 is 0 Å². The standard InChI is InChI=1S/C24H46N2P2Si/c1-23(2,3)22-20(29(4,5)6)13-17(16-27)21(22)24(28,18-9-7-11-25-14-18)19-10-8-12-26-15-19/h13,18-19,22,25-26H,7-12,14-16,27-28H2,1-6H3. The average molecular weight is 453 g/mol. The molecule has 0 aromatic carbocycles. The van der Waals surface area contributed by atoms with Gasteiger partial charge in [-0.2, -0.15) is 0 Å². The van der Waals surface area contributed by atoms with Crippen LogP contribution in [0.2, 0.25) is 19.6 Å². The minimum absolute atomic E-state index is 0.197. The summed E-state index contributed by atoms with van der Waals surface area (Å²) < 4.78 is 0. The molecule has 0 spiro atoms. The Morgan fingerprint density at radius 1 is 1.00 bits per heavy atom. The molecule has 3 aliphatic rings. The van der Waals surface area contributed by atoms with E-state index in [2.05, 4.69) is 75.6 Å². The van der Waals surface area contributed by atoms with E-state index >= 15 is 0 Å². The normalized spacial score (nSPS) is 31.6. The average Bonchev–Trinajstić information content (AvgIpc) is 3.10. The summed E-state index contributed by atoms with van der Waals surface area (Å²) >= 11 is 0. The Morgan fingerprint density at radius 3 is 1.86 bits per heavy atom. The van der Waals surface area contributed by atoms with Gasteiger partial charge in [0.15, 0.2) is 0 Å². The van der Waals surface area contributed by atoms with Crippen LogP contribution in [-0.2, 0) is 0 Å². The molecule has 0 aromatic rings. The van der Waals surface area contributed by atoms with Crippen LogP contribution in [0.4, 0.5) is 0 Å². The Labute approximate surface area is 186 Å². The van der Waals surface area contributed by atoms with Gasteiger partial charge in [-0.25, -0.2) is 0 Å². The first-order chi connectivity index (χ1) is 13.5. The molecular formula is C24H46N2P2Si. The molecule has 0 aromatic heterocycles. The molecule has 1 aliphatic carbocycles. The zero-order chi connectivity index (χ0) is 21.4. The first-order valence-corrected chi connectivity index (χ1v) is 16.8. The monoisotopic (exact) mass is 452 g/mol.